The SMILES string of the molecule is CN(C)C[C@H](O)NC[C@@H](NC(=O)OC(C)(C)C)C(C)(C)C. The summed E-state index contributed by atoms with van der Waals surface area (Å²) in [6.45, 7) is 12.6. The van der Waals surface area contributed by atoms with Gasteiger partial charge in [-0.1, -0.05) is 20.8 Å². The van der Waals surface area contributed by atoms with E-state index in [1.54, 1.807) is 0 Å². The molecule has 0 spiro atoms. The molecule has 0 aromatic heterocycles. The van der Waals surface area contributed by atoms with Gasteiger partial charge in [0.2, 0.25) is 0 Å². The van der Waals surface area contributed by atoms with E-state index in [2.05, 4.69) is 10.6 Å². The number of alkyl carbamates (subject to hydrolysis) is 1. The van der Waals surface area contributed by atoms with Crippen LogP contribution in [-0.2, 0) is 4.74 Å². The molecule has 6 heteroatoms. The summed E-state index contributed by atoms with van der Waals surface area (Å²) >= 11 is 0. The molecule has 3 N–H and O–H groups in total. The maximum atomic E-state index is 11.9. The number of amides is 1. The van der Waals surface area contributed by atoms with Crippen LogP contribution >= 0.6 is 0 Å². The van der Waals surface area contributed by atoms with Gasteiger partial charge in [0.25, 0.3) is 0 Å². The van der Waals surface area contributed by atoms with Crippen LogP contribution in [0.1, 0.15) is 41.5 Å². The highest BCUT2D eigenvalue weighted by atomic mass is 16.6. The maximum absolute atomic E-state index is 11.9. The molecule has 0 fully saturated rings. The molecule has 0 aliphatic heterocycles. The van der Waals surface area contributed by atoms with Crippen LogP contribution in [0.25, 0.3) is 0 Å². The van der Waals surface area contributed by atoms with E-state index in [1.165, 1.54) is 0 Å². The summed E-state index contributed by atoms with van der Waals surface area (Å²) in [5, 5.41) is 15.8. The van der Waals surface area contributed by atoms with Gasteiger partial charge in [0.15, 0.2) is 0 Å². The molecule has 21 heavy (non-hydrogen) atoms. The summed E-state index contributed by atoms with van der Waals surface area (Å²) < 4.78 is 5.29. The number of carbonyl (C=O) groups is 1. The van der Waals surface area contributed by atoms with Crippen LogP contribution < -0.4 is 10.6 Å². The number of rotatable bonds is 6. The molecule has 0 aliphatic rings. The number of likely N-dealkylation sites (N-methyl/N-ethyl adjacent to an activating group) is 1. The zero-order chi connectivity index (χ0) is 16.8. The molecule has 0 unspecified atom stereocenters. The van der Waals surface area contributed by atoms with Gasteiger partial charge < -0.3 is 20.1 Å². The molecule has 0 saturated heterocycles. The van der Waals surface area contributed by atoms with Crippen LogP contribution in [-0.4, -0.2) is 61.2 Å². The largest absolute Gasteiger partial charge is 0.444 e. The molecular weight excluding hydrogens is 270 g/mol. The summed E-state index contributed by atoms with van der Waals surface area (Å²) in [4.78, 5) is 13.8. The molecule has 0 saturated carbocycles. The van der Waals surface area contributed by atoms with Crippen molar-refractivity contribution < 1.29 is 14.6 Å². The van der Waals surface area contributed by atoms with Crippen LogP contribution in [0.5, 0.6) is 0 Å². The molecule has 1 amide bonds. The maximum Gasteiger partial charge on any atom is 0.407 e. The summed E-state index contributed by atoms with van der Waals surface area (Å²) in [7, 11) is 3.79. The molecule has 2 atom stereocenters. The lowest BCUT2D eigenvalue weighted by molar-refractivity contribution is 0.0438. The lowest BCUT2D eigenvalue weighted by atomic mass is 9.86. The number of hydrogen-bond acceptors (Lipinski definition) is 5. The molecule has 0 heterocycles. The molecule has 0 radical (unpaired) electrons. The van der Waals surface area contributed by atoms with Crippen molar-refractivity contribution in [1.29, 1.82) is 0 Å². The first-order chi connectivity index (χ1) is 9.31. The topological polar surface area (TPSA) is 73.8 Å². The molecule has 0 aliphatic carbocycles. The monoisotopic (exact) mass is 303 g/mol. The average Bonchev–Trinajstić information content (AvgIpc) is 2.18. The standard InChI is InChI=1S/C15H33N3O3/c1-14(2,3)11(9-16-12(19)10-18(7)8)17-13(20)21-15(4,5)6/h11-12,16,19H,9-10H2,1-8H3,(H,17,20)/t11-,12+/m1/s1. The van der Waals surface area contributed by atoms with Crippen molar-refractivity contribution in [2.75, 3.05) is 27.2 Å². The van der Waals surface area contributed by atoms with E-state index in [9.17, 15) is 9.90 Å². The predicted octanol–water partition coefficient (Wildman–Crippen LogP) is 1.40. The van der Waals surface area contributed by atoms with Gasteiger partial charge in [0.05, 0.1) is 0 Å². The fourth-order valence-electron chi connectivity index (χ4n) is 1.69. The minimum atomic E-state index is -0.634. The second kappa shape index (κ2) is 7.96. The fraction of sp³-hybridized carbons (Fsp3) is 0.933. The summed E-state index contributed by atoms with van der Waals surface area (Å²) in [6, 6.07) is -0.149. The Kier molecular flexibility index (Phi) is 7.64. The molecule has 0 aromatic rings. The van der Waals surface area contributed by atoms with E-state index < -0.39 is 17.9 Å². The van der Waals surface area contributed by atoms with Gasteiger partial charge in [-0.25, -0.2) is 4.79 Å². The quantitative estimate of drug-likeness (QED) is 0.647. The highest BCUT2D eigenvalue weighted by Gasteiger charge is 2.28. The zero-order valence-corrected chi connectivity index (χ0v) is 14.8. The Morgan fingerprint density at radius 2 is 1.71 bits per heavy atom. The first kappa shape index (κ1) is 20.1. The third kappa shape index (κ3) is 10.5. The number of nitrogens with one attached hydrogen (secondary N) is 2. The van der Waals surface area contributed by atoms with Crippen LogP contribution in [0, 0.1) is 5.41 Å². The predicted molar refractivity (Wildman–Crippen MR) is 85.2 cm³/mol. The van der Waals surface area contributed by atoms with Crippen molar-refractivity contribution in [1.82, 2.24) is 15.5 Å². The van der Waals surface area contributed by atoms with E-state index in [0.29, 0.717) is 13.1 Å². The van der Waals surface area contributed by atoms with Crippen molar-refractivity contribution in [3.63, 3.8) is 0 Å². The van der Waals surface area contributed by atoms with Gasteiger partial charge >= 0.3 is 6.09 Å². The van der Waals surface area contributed by atoms with E-state index in [0.717, 1.165) is 0 Å². The Bertz CT molecular complexity index is 319. The summed E-state index contributed by atoms with van der Waals surface area (Å²) in [5.41, 5.74) is -0.674. The smallest absolute Gasteiger partial charge is 0.407 e. The lowest BCUT2D eigenvalue weighted by Crippen LogP contribution is -2.53. The van der Waals surface area contributed by atoms with Gasteiger partial charge in [0, 0.05) is 19.1 Å². The van der Waals surface area contributed by atoms with Gasteiger partial charge in [-0.3, -0.25) is 5.32 Å². The Hall–Kier alpha value is -0.850. The molecule has 0 aromatic carbocycles. The highest BCUT2D eigenvalue weighted by molar-refractivity contribution is 5.68. The van der Waals surface area contributed by atoms with Crippen molar-refractivity contribution in [3.8, 4) is 0 Å². The molecule has 0 rings (SSSR count). The normalized spacial score (nSPS) is 15.7. The van der Waals surface area contributed by atoms with Gasteiger partial charge in [-0.2, -0.15) is 0 Å². The number of ether oxygens (including phenoxy) is 1. The molecule has 126 valence electrons. The van der Waals surface area contributed by atoms with Crippen LogP contribution in [0.4, 0.5) is 4.79 Å². The second-order valence-electron chi connectivity index (χ2n) is 7.75. The van der Waals surface area contributed by atoms with Crippen molar-refractivity contribution in [2.24, 2.45) is 5.41 Å². The first-order valence-corrected chi connectivity index (χ1v) is 7.37. The van der Waals surface area contributed by atoms with Crippen molar-refractivity contribution >= 4 is 6.09 Å². The third-order valence-electron chi connectivity index (χ3n) is 2.83. The Labute approximate surface area is 129 Å². The van der Waals surface area contributed by atoms with Gasteiger partial charge in [-0.15, -0.1) is 0 Å². The summed E-state index contributed by atoms with van der Waals surface area (Å²) in [6.07, 6.45) is -1.07. The molecular formula is C15H33N3O3. The first-order valence-electron chi connectivity index (χ1n) is 7.37. The van der Waals surface area contributed by atoms with Crippen LogP contribution in [0.15, 0.2) is 0 Å². The van der Waals surface area contributed by atoms with Crippen LogP contribution in [0.2, 0.25) is 0 Å². The molecule has 0 bridgehead atoms. The molecule has 6 nitrogen and oxygen atoms in total. The van der Waals surface area contributed by atoms with Crippen molar-refractivity contribution in [3.05, 3.63) is 0 Å². The summed E-state index contributed by atoms with van der Waals surface area (Å²) in [5.74, 6) is 0. The van der Waals surface area contributed by atoms with E-state index in [-0.39, 0.29) is 11.5 Å². The van der Waals surface area contributed by atoms with Gasteiger partial charge in [-0.05, 0) is 40.3 Å². The Balaban J connectivity index is 4.51. The number of nitrogens with zero attached hydrogens (tertiary/aromatic N) is 1. The van der Waals surface area contributed by atoms with E-state index >= 15 is 0 Å². The number of aliphatic hydroxyl groups excluding tert-OH is 1. The second-order valence-corrected chi connectivity index (χ2v) is 7.75. The average molecular weight is 303 g/mol. The van der Waals surface area contributed by atoms with Crippen molar-refractivity contribution in [2.45, 2.75) is 59.4 Å². The highest BCUT2D eigenvalue weighted by Crippen LogP contribution is 2.19. The Morgan fingerprint density at radius 3 is 2.10 bits per heavy atom. The fourth-order valence-corrected chi connectivity index (χ4v) is 1.69. The Morgan fingerprint density at radius 1 is 1.19 bits per heavy atom. The van der Waals surface area contributed by atoms with E-state index in [1.807, 2.05) is 60.5 Å². The van der Waals surface area contributed by atoms with E-state index in [4.69, 9.17) is 4.74 Å². The minimum Gasteiger partial charge on any atom is -0.444 e. The zero-order valence-electron chi connectivity index (χ0n) is 14.8. The number of aliphatic hydroxyl groups is 1. The number of carbonyl (C=O) groups excluding carboxylic acids is 1. The lowest BCUT2D eigenvalue weighted by Gasteiger charge is -2.33. The third-order valence-corrected chi connectivity index (χ3v) is 2.83. The van der Waals surface area contributed by atoms with Gasteiger partial charge in [0.1, 0.15) is 11.8 Å². The van der Waals surface area contributed by atoms with Crippen LogP contribution in [0.3, 0.4) is 0 Å². The number of hydrogen-bond donors (Lipinski definition) is 3. The minimum absolute atomic E-state index is 0.149.